The quantitative estimate of drug-likeness (QED) is 0.875. The van der Waals surface area contributed by atoms with Gasteiger partial charge >= 0.3 is 6.18 Å². The molecule has 0 bridgehead atoms. The third-order valence-electron chi connectivity index (χ3n) is 2.34. The summed E-state index contributed by atoms with van der Waals surface area (Å²) in [5.74, 6) is -0.545. The van der Waals surface area contributed by atoms with E-state index in [4.69, 9.17) is 11.6 Å². The van der Waals surface area contributed by atoms with Crippen LogP contribution in [0.1, 0.15) is 26.1 Å². The predicted molar refractivity (Wildman–Crippen MR) is 70.1 cm³/mol. The number of aryl methyl sites for hydroxylation is 1. The van der Waals surface area contributed by atoms with Crippen molar-refractivity contribution >= 4 is 28.8 Å². The number of carbonyl (C=O) groups is 1. The molecule has 0 aliphatic carbocycles. The molecule has 0 unspecified atom stereocenters. The number of nitrogens with zero attached hydrogens (tertiary/aromatic N) is 3. The maximum atomic E-state index is 12.4. The molecule has 0 spiro atoms. The van der Waals surface area contributed by atoms with Gasteiger partial charge < -0.3 is 5.32 Å². The molecule has 2 rings (SSSR count). The molecule has 0 aromatic carbocycles. The molecule has 0 fully saturated rings. The summed E-state index contributed by atoms with van der Waals surface area (Å²) in [4.78, 5) is 15.8. The molecular weight excluding hydrogens is 329 g/mol. The van der Waals surface area contributed by atoms with Crippen LogP contribution in [-0.2, 0) is 12.7 Å². The first-order valence-electron chi connectivity index (χ1n) is 5.58. The van der Waals surface area contributed by atoms with E-state index in [2.05, 4.69) is 20.5 Å². The second-order valence-corrected chi connectivity index (χ2v) is 5.39. The SMILES string of the molecule is Cc1ccc(C(=O)NCc2nnc(C(F)(F)F)s2)c(Cl)n1. The molecule has 0 saturated carbocycles. The summed E-state index contributed by atoms with van der Waals surface area (Å²) < 4.78 is 37.1. The van der Waals surface area contributed by atoms with Crippen LogP contribution in [-0.4, -0.2) is 21.1 Å². The minimum absolute atomic E-state index is 0.0285. The fourth-order valence-corrected chi connectivity index (χ4v) is 2.31. The molecule has 112 valence electrons. The number of hydrogen-bond donors (Lipinski definition) is 1. The summed E-state index contributed by atoms with van der Waals surface area (Å²) >= 11 is 6.20. The molecule has 21 heavy (non-hydrogen) atoms. The van der Waals surface area contributed by atoms with Crippen LogP contribution in [0.3, 0.4) is 0 Å². The average molecular weight is 337 g/mol. The van der Waals surface area contributed by atoms with Crippen molar-refractivity contribution < 1.29 is 18.0 Å². The smallest absolute Gasteiger partial charge is 0.345 e. The molecule has 1 amide bonds. The summed E-state index contributed by atoms with van der Waals surface area (Å²) in [7, 11) is 0. The van der Waals surface area contributed by atoms with Crippen LogP contribution in [0, 0.1) is 6.92 Å². The Morgan fingerprint density at radius 3 is 2.67 bits per heavy atom. The van der Waals surface area contributed by atoms with E-state index in [0.717, 1.165) is 0 Å². The fraction of sp³-hybridized carbons (Fsp3) is 0.273. The third kappa shape index (κ3) is 3.88. The molecule has 0 atom stereocenters. The lowest BCUT2D eigenvalue weighted by atomic mass is 10.2. The number of amides is 1. The predicted octanol–water partition coefficient (Wildman–Crippen LogP) is 2.84. The van der Waals surface area contributed by atoms with Gasteiger partial charge in [-0.05, 0) is 19.1 Å². The largest absolute Gasteiger partial charge is 0.445 e. The van der Waals surface area contributed by atoms with E-state index >= 15 is 0 Å². The van der Waals surface area contributed by atoms with Gasteiger partial charge in [0.05, 0.1) is 12.1 Å². The Hall–Kier alpha value is -1.74. The Morgan fingerprint density at radius 1 is 1.38 bits per heavy atom. The van der Waals surface area contributed by atoms with E-state index in [-0.39, 0.29) is 22.3 Å². The first-order chi connectivity index (χ1) is 9.77. The Balaban J connectivity index is 2.03. The zero-order valence-electron chi connectivity index (χ0n) is 10.5. The van der Waals surface area contributed by atoms with Crippen molar-refractivity contribution in [3.63, 3.8) is 0 Å². The van der Waals surface area contributed by atoms with E-state index in [1.807, 2.05) is 0 Å². The molecule has 0 aliphatic heterocycles. The minimum Gasteiger partial charge on any atom is -0.345 e. The summed E-state index contributed by atoms with van der Waals surface area (Å²) in [5.41, 5.74) is 0.790. The van der Waals surface area contributed by atoms with Crippen LogP contribution in [0.25, 0.3) is 0 Å². The standard InChI is InChI=1S/C11H8ClF3N4OS/c1-5-2-3-6(8(12)17-5)9(20)16-4-7-18-19-10(21-7)11(13,14)15/h2-3H,4H2,1H3,(H,16,20). The molecule has 2 aromatic heterocycles. The Kier molecular flexibility index (Phi) is 4.43. The molecule has 10 heteroatoms. The average Bonchev–Trinajstić information content (AvgIpc) is 2.84. The zero-order valence-corrected chi connectivity index (χ0v) is 12.1. The van der Waals surface area contributed by atoms with E-state index in [9.17, 15) is 18.0 Å². The normalized spacial score (nSPS) is 11.5. The van der Waals surface area contributed by atoms with Gasteiger partial charge in [-0.3, -0.25) is 4.79 Å². The molecule has 2 aromatic rings. The van der Waals surface area contributed by atoms with Crippen LogP contribution >= 0.6 is 22.9 Å². The number of aromatic nitrogens is 3. The van der Waals surface area contributed by atoms with E-state index in [1.54, 1.807) is 13.0 Å². The number of rotatable bonds is 3. The van der Waals surface area contributed by atoms with Crippen molar-refractivity contribution in [2.45, 2.75) is 19.6 Å². The zero-order chi connectivity index (χ0) is 15.6. The molecule has 0 radical (unpaired) electrons. The molecular formula is C11H8ClF3N4OS. The van der Waals surface area contributed by atoms with Gasteiger partial charge in [-0.1, -0.05) is 22.9 Å². The van der Waals surface area contributed by atoms with E-state index < -0.39 is 17.1 Å². The van der Waals surface area contributed by atoms with Crippen molar-refractivity contribution in [1.29, 1.82) is 0 Å². The number of halogens is 4. The second-order valence-electron chi connectivity index (χ2n) is 3.97. The fourth-order valence-electron chi connectivity index (χ4n) is 1.39. The van der Waals surface area contributed by atoms with Crippen molar-refractivity contribution in [3.05, 3.63) is 38.6 Å². The van der Waals surface area contributed by atoms with Crippen LogP contribution in [0.4, 0.5) is 13.2 Å². The van der Waals surface area contributed by atoms with Crippen molar-refractivity contribution in [2.75, 3.05) is 0 Å². The van der Waals surface area contributed by atoms with Crippen molar-refractivity contribution in [3.8, 4) is 0 Å². The monoisotopic (exact) mass is 336 g/mol. The number of nitrogens with one attached hydrogen (secondary N) is 1. The van der Waals surface area contributed by atoms with Gasteiger partial charge in [-0.25, -0.2) is 4.98 Å². The highest BCUT2D eigenvalue weighted by Crippen LogP contribution is 2.31. The van der Waals surface area contributed by atoms with Gasteiger partial charge in [-0.2, -0.15) is 13.2 Å². The molecule has 0 saturated heterocycles. The summed E-state index contributed by atoms with van der Waals surface area (Å²) in [6.45, 7) is 1.55. The number of hydrogen-bond acceptors (Lipinski definition) is 5. The third-order valence-corrected chi connectivity index (χ3v) is 3.60. The van der Waals surface area contributed by atoms with Gasteiger partial charge in [0.25, 0.3) is 5.91 Å². The van der Waals surface area contributed by atoms with Gasteiger partial charge in [0, 0.05) is 5.69 Å². The number of carbonyl (C=O) groups excluding carboxylic acids is 1. The summed E-state index contributed by atoms with van der Waals surface area (Å²) in [6, 6.07) is 3.09. The Morgan fingerprint density at radius 2 is 2.10 bits per heavy atom. The summed E-state index contributed by atoms with van der Waals surface area (Å²) in [6.07, 6.45) is -4.54. The number of alkyl halides is 3. The lowest BCUT2D eigenvalue weighted by molar-refractivity contribution is -0.138. The number of pyridine rings is 1. The lowest BCUT2D eigenvalue weighted by Gasteiger charge is -2.05. The lowest BCUT2D eigenvalue weighted by Crippen LogP contribution is -2.23. The molecule has 2 heterocycles. The van der Waals surface area contributed by atoms with Crippen LogP contribution in [0.5, 0.6) is 0 Å². The highest BCUT2D eigenvalue weighted by molar-refractivity contribution is 7.11. The van der Waals surface area contributed by atoms with Gasteiger partial charge in [0.1, 0.15) is 10.2 Å². The van der Waals surface area contributed by atoms with Crippen molar-refractivity contribution in [1.82, 2.24) is 20.5 Å². The van der Waals surface area contributed by atoms with Crippen LogP contribution in [0.2, 0.25) is 5.15 Å². The Bertz CT molecular complexity index is 674. The van der Waals surface area contributed by atoms with Crippen molar-refractivity contribution in [2.24, 2.45) is 0 Å². The highest BCUT2D eigenvalue weighted by Gasteiger charge is 2.35. The minimum atomic E-state index is -4.54. The van der Waals surface area contributed by atoms with E-state index in [0.29, 0.717) is 17.0 Å². The maximum Gasteiger partial charge on any atom is 0.445 e. The first kappa shape index (κ1) is 15.6. The molecule has 0 aliphatic rings. The van der Waals surface area contributed by atoms with Crippen LogP contribution in [0.15, 0.2) is 12.1 Å². The second kappa shape index (κ2) is 5.94. The van der Waals surface area contributed by atoms with Gasteiger partial charge in [0.15, 0.2) is 0 Å². The Labute approximate surface area is 126 Å². The first-order valence-corrected chi connectivity index (χ1v) is 6.77. The van der Waals surface area contributed by atoms with Gasteiger partial charge in [-0.15, -0.1) is 10.2 Å². The van der Waals surface area contributed by atoms with Gasteiger partial charge in [0.2, 0.25) is 5.01 Å². The van der Waals surface area contributed by atoms with Crippen LogP contribution < -0.4 is 5.32 Å². The summed E-state index contributed by atoms with van der Waals surface area (Å²) in [5, 5.41) is 7.83. The topological polar surface area (TPSA) is 67.8 Å². The molecule has 1 N–H and O–H groups in total. The van der Waals surface area contributed by atoms with E-state index in [1.165, 1.54) is 6.07 Å². The highest BCUT2D eigenvalue weighted by atomic mass is 35.5. The maximum absolute atomic E-state index is 12.4. The molecule has 5 nitrogen and oxygen atoms in total.